The second-order valence-corrected chi connectivity index (χ2v) is 5.09. The third-order valence-corrected chi connectivity index (χ3v) is 3.89. The Hall–Kier alpha value is -2.43. The van der Waals surface area contributed by atoms with Crippen molar-refractivity contribution in [2.45, 2.75) is 18.3 Å². The fraction of sp³-hybridized carbons (Fsp3) is 0.267. The normalized spacial score (nSPS) is 15.8. The van der Waals surface area contributed by atoms with Crippen molar-refractivity contribution in [3.63, 3.8) is 0 Å². The first-order valence-corrected chi connectivity index (χ1v) is 6.52. The second kappa shape index (κ2) is 4.30. The molecular weight excluding hydrogens is 252 g/mol. The molecule has 1 saturated carbocycles. The molecule has 2 heterocycles. The van der Waals surface area contributed by atoms with Crippen LogP contribution in [0, 0.1) is 0 Å². The van der Waals surface area contributed by atoms with E-state index in [1.54, 1.807) is 12.3 Å². The summed E-state index contributed by atoms with van der Waals surface area (Å²) in [7, 11) is 1.81. The van der Waals surface area contributed by atoms with Crippen LogP contribution in [0.25, 0.3) is 16.8 Å². The van der Waals surface area contributed by atoms with Crippen molar-refractivity contribution in [1.82, 2.24) is 9.97 Å². The van der Waals surface area contributed by atoms with Crippen molar-refractivity contribution in [1.29, 1.82) is 0 Å². The summed E-state index contributed by atoms with van der Waals surface area (Å²) in [5.74, 6) is 0.455. The van der Waals surface area contributed by atoms with Crippen molar-refractivity contribution >= 4 is 28.6 Å². The minimum Gasteiger partial charge on any atom is -0.373 e. The van der Waals surface area contributed by atoms with Gasteiger partial charge in [0.05, 0.1) is 16.8 Å². The molecule has 0 aromatic carbocycles. The maximum Gasteiger partial charge on any atom is 0.229 e. The van der Waals surface area contributed by atoms with Gasteiger partial charge in [-0.25, -0.2) is 4.98 Å². The minimum absolute atomic E-state index is 0.295. The molecule has 0 spiro atoms. The maximum absolute atomic E-state index is 11.6. The Morgan fingerprint density at radius 1 is 1.50 bits per heavy atom. The van der Waals surface area contributed by atoms with E-state index in [1.165, 1.54) is 0 Å². The standard InChI is InChI=1S/C15H16N4O/c1-3-10-6-9-7-12(15(4-5-15)14(16)20)18-8-11(9)13(17-2)19-10/h3,6-8H,1,4-5H2,2H3,(H2,16,20)(H,17,19). The van der Waals surface area contributed by atoms with E-state index in [9.17, 15) is 4.79 Å². The zero-order valence-electron chi connectivity index (χ0n) is 11.3. The Morgan fingerprint density at radius 3 is 2.80 bits per heavy atom. The number of fused-ring (bicyclic) bond motifs is 1. The average molecular weight is 268 g/mol. The largest absolute Gasteiger partial charge is 0.373 e. The molecule has 1 amide bonds. The van der Waals surface area contributed by atoms with Crippen molar-refractivity contribution in [3.8, 4) is 0 Å². The predicted molar refractivity (Wildman–Crippen MR) is 79.3 cm³/mol. The third kappa shape index (κ3) is 1.74. The molecule has 102 valence electrons. The molecule has 0 unspecified atom stereocenters. The van der Waals surface area contributed by atoms with Gasteiger partial charge in [-0.2, -0.15) is 0 Å². The molecule has 0 saturated heterocycles. The van der Waals surface area contributed by atoms with Crippen LogP contribution in [0.3, 0.4) is 0 Å². The number of amides is 1. The first-order valence-electron chi connectivity index (χ1n) is 6.52. The van der Waals surface area contributed by atoms with Gasteiger partial charge in [0.1, 0.15) is 5.82 Å². The van der Waals surface area contributed by atoms with Crippen LogP contribution in [0.4, 0.5) is 5.82 Å². The van der Waals surface area contributed by atoms with E-state index in [4.69, 9.17) is 5.73 Å². The van der Waals surface area contributed by atoms with Gasteiger partial charge in [0.2, 0.25) is 5.91 Å². The van der Waals surface area contributed by atoms with E-state index in [2.05, 4.69) is 21.9 Å². The Morgan fingerprint density at radius 2 is 2.25 bits per heavy atom. The molecule has 0 bridgehead atoms. The van der Waals surface area contributed by atoms with Crippen LogP contribution in [-0.2, 0) is 10.2 Å². The lowest BCUT2D eigenvalue weighted by Gasteiger charge is -2.12. The molecule has 20 heavy (non-hydrogen) atoms. The van der Waals surface area contributed by atoms with Crippen LogP contribution in [0.1, 0.15) is 24.2 Å². The van der Waals surface area contributed by atoms with Gasteiger partial charge >= 0.3 is 0 Å². The zero-order chi connectivity index (χ0) is 14.3. The molecule has 0 atom stereocenters. The Balaban J connectivity index is 2.20. The molecule has 3 N–H and O–H groups in total. The molecule has 3 rings (SSSR count). The smallest absolute Gasteiger partial charge is 0.229 e. The lowest BCUT2D eigenvalue weighted by Crippen LogP contribution is -2.29. The number of anilines is 1. The Kier molecular flexibility index (Phi) is 2.71. The van der Waals surface area contributed by atoms with Crippen LogP contribution >= 0.6 is 0 Å². The first kappa shape index (κ1) is 12.6. The number of aromatic nitrogens is 2. The van der Waals surface area contributed by atoms with Gasteiger partial charge in [0, 0.05) is 18.6 Å². The summed E-state index contributed by atoms with van der Waals surface area (Å²) >= 11 is 0. The number of nitrogens with one attached hydrogen (secondary N) is 1. The molecule has 0 aliphatic heterocycles. The van der Waals surface area contributed by atoms with Gasteiger partial charge in [-0.15, -0.1) is 0 Å². The van der Waals surface area contributed by atoms with Gasteiger partial charge < -0.3 is 11.1 Å². The van der Waals surface area contributed by atoms with Crippen molar-refractivity contribution in [2.24, 2.45) is 5.73 Å². The topological polar surface area (TPSA) is 80.9 Å². The fourth-order valence-electron chi connectivity index (χ4n) is 2.48. The Labute approximate surface area is 116 Å². The molecule has 2 aromatic heterocycles. The summed E-state index contributed by atoms with van der Waals surface area (Å²) in [6, 6.07) is 3.87. The lowest BCUT2D eigenvalue weighted by molar-refractivity contribution is -0.120. The summed E-state index contributed by atoms with van der Waals surface area (Å²) in [4.78, 5) is 20.4. The number of nitrogens with two attached hydrogens (primary N) is 1. The quantitative estimate of drug-likeness (QED) is 0.886. The zero-order valence-corrected chi connectivity index (χ0v) is 11.3. The minimum atomic E-state index is -0.564. The average Bonchev–Trinajstić information content (AvgIpc) is 3.27. The molecule has 1 aliphatic rings. The molecule has 2 aromatic rings. The number of carbonyl (C=O) groups excluding carboxylic acids is 1. The highest BCUT2D eigenvalue weighted by molar-refractivity contribution is 5.95. The van der Waals surface area contributed by atoms with Crippen LogP contribution in [0.5, 0.6) is 0 Å². The molecule has 5 nitrogen and oxygen atoms in total. The number of carbonyl (C=O) groups is 1. The highest BCUT2D eigenvalue weighted by atomic mass is 16.1. The highest BCUT2D eigenvalue weighted by Gasteiger charge is 2.51. The predicted octanol–water partition coefficient (Wildman–Crippen LogP) is 1.83. The number of rotatable bonds is 4. The lowest BCUT2D eigenvalue weighted by atomic mass is 9.99. The molecule has 5 heteroatoms. The van der Waals surface area contributed by atoms with Crippen molar-refractivity contribution in [3.05, 3.63) is 36.3 Å². The maximum atomic E-state index is 11.6. The molecule has 1 fully saturated rings. The summed E-state index contributed by atoms with van der Waals surface area (Å²) in [5, 5.41) is 4.95. The van der Waals surface area contributed by atoms with Gasteiger partial charge in [0.25, 0.3) is 0 Å². The molecule has 1 aliphatic carbocycles. The number of pyridine rings is 2. The fourth-order valence-corrected chi connectivity index (χ4v) is 2.48. The van der Waals surface area contributed by atoms with Crippen molar-refractivity contribution in [2.75, 3.05) is 12.4 Å². The summed E-state index contributed by atoms with van der Waals surface area (Å²) in [6.45, 7) is 3.74. The van der Waals surface area contributed by atoms with E-state index in [0.717, 1.165) is 40.8 Å². The summed E-state index contributed by atoms with van der Waals surface area (Å²) < 4.78 is 0. The van der Waals surface area contributed by atoms with Gasteiger partial charge in [-0.05, 0) is 36.4 Å². The van der Waals surface area contributed by atoms with E-state index in [0.29, 0.717) is 0 Å². The molecular formula is C15H16N4O. The van der Waals surface area contributed by atoms with Gasteiger partial charge in [-0.1, -0.05) is 6.58 Å². The molecule has 0 radical (unpaired) electrons. The monoisotopic (exact) mass is 268 g/mol. The van der Waals surface area contributed by atoms with Crippen LogP contribution in [0.15, 0.2) is 24.9 Å². The summed E-state index contributed by atoms with van der Waals surface area (Å²) in [6.07, 6.45) is 5.00. The van der Waals surface area contributed by atoms with E-state index in [-0.39, 0.29) is 5.91 Å². The van der Waals surface area contributed by atoms with Gasteiger partial charge in [-0.3, -0.25) is 9.78 Å². The Bertz CT molecular complexity index is 719. The second-order valence-electron chi connectivity index (χ2n) is 5.09. The van der Waals surface area contributed by atoms with E-state index < -0.39 is 5.41 Å². The number of hydrogen-bond acceptors (Lipinski definition) is 4. The number of primary amides is 1. The van der Waals surface area contributed by atoms with Gasteiger partial charge in [0.15, 0.2) is 0 Å². The third-order valence-electron chi connectivity index (χ3n) is 3.89. The highest BCUT2D eigenvalue weighted by Crippen LogP contribution is 2.47. The van der Waals surface area contributed by atoms with Crippen LogP contribution in [0.2, 0.25) is 0 Å². The van der Waals surface area contributed by atoms with Crippen LogP contribution < -0.4 is 11.1 Å². The number of hydrogen-bond donors (Lipinski definition) is 2. The SMILES string of the molecule is C=Cc1cc2cc(C3(C(N)=O)CC3)ncc2c(NC)n1. The van der Waals surface area contributed by atoms with Crippen LogP contribution in [-0.4, -0.2) is 22.9 Å². The van der Waals surface area contributed by atoms with E-state index in [1.807, 2.05) is 19.2 Å². The summed E-state index contributed by atoms with van der Waals surface area (Å²) in [5.41, 5.74) is 6.47. The van der Waals surface area contributed by atoms with Crippen molar-refractivity contribution < 1.29 is 4.79 Å². The first-order chi connectivity index (χ1) is 9.60. The van der Waals surface area contributed by atoms with E-state index >= 15 is 0 Å². The number of nitrogens with zero attached hydrogens (tertiary/aromatic N) is 2.